The average molecular weight is 254 g/mol. The van der Waals surface area contributed by atoms with Crippen molar-refractivity contribution in [3.63, 3.8) is 0 Å². The highest BCUT2D eigenvalue weighted by Gasteiger charge is 2.11. The Kier molecular flexibility index (Phi) is 3.49. The van der Waals surface area contributed by atoms with Crippen LogP contribution in [0.1, 0.15) is 17.1 Å². The molecule has 0 bridgehead atoms. The molecule has 0 aliphatic rings. The van der Waals surface area contributed by atoms with Crippen LogP contribution in [0.5, 0.6) is 0 Å². The number of nitrogens with one attached hydrogen (secondary N) is 1. The lowest BCUT2D eigenvalue weighted by Crippen LogP contribution is -2.06. The van der Waals surface area contributed by atoms with Crippen molar-refractivity contribution in [2.75, 3.05) is 7.05 Å². The van der Waals surface area contributed by atoms with E-state index >= 15 is 0 Å². The number of aryl methyl sites for hydroxylation is 2. The molecule has 2 aromatic heterocycles. The van der Waals surface area contributed by atoms with Crippen LogP contribution in [0.15, 0.2) is 12.5 Å². The third-order valence-electron chi connectivity index (χ3n) is 2.64. The van der Waals surface area contributed by atoms with E-state index in [0.29, 0.717) is 6.54 Å². The summed E-state index contributed by atoms with van der Waals surface area (Å²) in [7, 11) is 3.81. The van der Waals surface area contributed by atoms with Crippen LogP contribution < -0.4 is 5.32 Å². The standard InChI is InChI=1S/C11H16ClN5/c1-8-11(12)10(16(3)15-8)6-17-5-9(4-13-2)14-7-17/h5,7,13H,4,6H2,1-3H3. The highest BCUT2D eigenvalue weighted by Crippen LogP contribution is 2.20. The number of aromatic nitrogens is 4. The van der Waals surface area contributed by atoms with Crippen molar-refractivity contribution in [1.82, 2.24) is 24.6 Å². The Morgan fingerprint density at radius 2 is 2.24 bits per heavy atom. The smallest absolute Gasteiger partial charge is 0.0953 e. The molecule has 2 aromatic rings. The maximum absolute atomic E-state index is 6.20. The zero-order valence-corrected chi connectivity index (χ0v) is 11.0. The van der Waals surface area contributed by atoms with Crippen LogP contribution in [0.25, 0.3) is 0 Å². The van der Waals surface area contributed by atoms with Crippen LogP contribution in [0, 0.1) is 6.92 Å². The Bertz CT molecular complexity index is 514. The van der Waals surface area contributed by atoms with Crippen LogP contribution in [0.2, 0.25) is 5.02 Å². The van der Waals surface area contributed by atoms with Gasteiger partial charge in [-0.3, -0.25) is 4.68 Å². The average Bonchev–Trinajstić information content (AvgIpc) is 2.81. The van der Waals surface area contributed by atoms with Gasteiger partial charge in [0.05, 0.1) is 35.0 Å². The largest absolute Gasteiger partial charge is 0.331 e. The first kappa shape index (κ1) is 12.1. The van der Waals surface area contributed by atoms with Gasteiger partial charge in [-0.05, 0) is 14.0 Å². The first-order chi connectivity index (χ1) is 8.11. The van der Waals surface area contributed by atoms with Gasteiger partial charge in [-0.2, -0.15) is 5.10 Å². The van der Waals surface area contributed by atoms with E-state index in [1.807, 2.05) is 42.8 Å². The number of hydrogen-bond acceptors (Lipinski definition) is 3. The molecular formula is C11H16ClN5. The van der Waals surface area contributed by atoms with Crippen molar-refractivity contribution in [3.8, 4) is 0 Å². The second-order valence-corrected chi connectivity index (χ2v) is 4.42. The van der Waals surface area contributed by atoms with Crippen LogP contribution >= 0.6 is 11.6 Å². The molecule has 0 fully saturated rings. The van der Waals surface area contributed by atoms with Crippen molar-refractivity contribution >= 4 is 11.6 Å². The third-order valence-corrected chi connectivity index (χ3v) is 3.13. The Morgan fingerprint density at radius 3 is 2.82 bits per heavy atom. The van der Waals surface area contributed by atoms with Crippen LogP contribution in [-0.2, 0) is 20.1 Å². The molecule has 2 heterocycles. The molecule has 0 saturated heterocycles. The van der Waals surface area contributed by atoms with Gasteiger partial charge in [-0.1, -0.05) is 11.6 Å². The van der Waals surface area contributed by atoms with Gasteiger partial charge in [0.1, 0.15) is 0 Å². The minimum absolute atomic E-state index is 0.687. The molecule has 1 N–H and O–H groups in total. The molecule has 0 spiro atoms. The molecule has 0 aliphatic heterocycles. The first-order valence-corrected chi connectivity index (χ1v) is 5.83. The number of halogens is 1. The van der Waals surface area contributed by atoms with Crippen LogP contribution in [0.4, 0.5) is 0 Å². The highest BCUT2D eigenvalue weighted by atomic mass is 35.5. The monoisotopic (exact) mass is 253 g/mol. The summed E-state index contributed by atoms with van der Waals surface area (Å²) in [6.07, 6.45) is 3.82. The third kappa shape index (κ3) is 2.50. The molecule has 17 heavy (non-hydrogen) atoms. The lowest BCUT2D eigenvalue weighted by molar-refractivity contribution is 0.662. The lowest BCUT2D eigenvalue weighted by atomic mass is 10.3. The van der Waals surface area contributed by atoms with E-state index in [1.54, 1.807) is 0 Å². The highest BCUT2D eigenvalue weighted by molar-refractivity contribution is 6.31. The molecule has 92 valence electrons. The topological polar surface area (TPSA) is 47.7 Å². The van der Waals surface area contributed by atoms with Crippen molar-refractivity contribution < 1.29 is 0 Å². The van der Waals surface area contributed by atoms with E-state index < -0.39 is 0 Å². The second kappa shape index (κ2) is 4.89. The van der Waals surface area contributed by atoms with Gasteiger partial charge in [-0.15, -0.1) is 0 Å². The van der Waals surface area contributed by atoms with Crippen molar-refractivity contribution in [2.24, 2.45) is 7.05 Å². The fourth-order valence-electron chi connectivity index (χ4n) is 1.79. The minimum atomic E-state index is 0.687. The predicted octanol–water partition coefficient (Wildman–Crippen LogP) is 1.35. The van der Waals surface area contributed by atoms with Crippen molar-refractivity contribution in [2.45, 2.75) is 20.0 Å². The summed E-state index contributed by atoms with van der Waals surface area (Å²) in [5.41, 5.74) is 2.87. The summed E-state index contributed by atoms with van der Waals surface area (Å²) < 4.78 is 3.82. The van der Waals surface area contributed by atoms with Gasteiger partial charge in [0.25, 0.3) is 0 Å². The zero-order chi connectivity index (χ0) is 12.4. The molecular weight excluding hydrogens is 238 g/mol. The van der Waals surface area contributed by atoms with E-state index in [9.17, 15) is 0 Å². The minimum Gasteiger partial charge on any atom is -0.331 e. The Morgan fingerprint density at radius 1 is 1.47 bits per heavy atom. The summed E-state index contributed by atoms with van der Waals surface area (Å²) in [5, 5.41) is 8.09. The van der Waals surface area contributed by atoms with Crippen molar-refractivity contribution in [1.29, 1.82) is 0 Å². The zero-order valence-electron chi connectivity index (χ0n) is 10.2. The summed E-state index contributed by atoms with van der Waals surface area (Å²) in [5.74, 6) is 0. The summed E-state index contributed by atoms with van der Waals surface area (Å²) in [4.78, 5) is 4.30. The van der Waals surface area contributed by atoms with Crippen molar-refractivity contribution in [3.05, 3.63) is 34.6 Å². The number of imidazole rings is 1. The van der Waals surface area contributed by atoms with Gasteiger partial charge in [0, 0.05) is 19.8 Å². The molecule has 0 radical (unpaired) electrons. The molecule has 0 atom stereocenters. The molecule has 2 rings (SSSR count). The normalized spacial score (nSPS) is 11.1. The molecule has 0 saturated carbocycles. The number of hydrogen-bond donors (Lipinski definition) is 1. The van der Waals surface area contributed by atoms with E-state index in [0.717, 1.165) is 28.6 Å². The maximum atomic E-state index is 6.20. The fourth-order valence-corrected chi connectivity index (χ4v) is 2.01. The molecule has 6 heteroatoms. The molecule has 5 nitrogen and oxygen atoms in total. The van der Waals surface area contributed by atoms with Gasteiger partial charge < -0.3 is 9.88 Å². The van der Waals surface area contributed by atoms with Crippen LogP contribution in [-0.4, -0.2) is 26.4 Å². The lowest BCUT2D eigenvalue weighted by Gasteiger charge is -2.03. The fraction of sp³-hybridized carbons (Fsp3) is 0.455. The van der Waals surface area contributed by atoms with E-state index in [4.69, 9.17) is 11.6 Å². The SMILES string of the molecule is CNCc1cn(Cc2c(Cl)c(C)nn2C)cn1. The molecule has 0 aliphatic carbocycles. The summed E-state index contributed by atoms with van der Waals surface area (Å²) >= 11 is 6.20. The van der Waals surface area contributed by atoms with Gasteiger partial charge in [0.15, 0.2) is 0 Å². The number of nitrogens with zero attached hydrogens (tertiary/aromatic N) is 4. The van der Waals surface area contributed by atoms with Gasteiger partial charge in [-0.25, -0.2) is 4.98 Å². The van der Waals surface area contributed by atoms with E-state index in [2.05, 4.69) is 15.4 Å². The maximum Gasteiger partial charge on any atom is 0.0953 e. The Hall–Kier alpha value is -1.33. The summed E-state index contributed by atoms with van der Waals surface area (Å²) in [6.45, 7) is 3.37. The summed E-state index contributed by atoms with van der Waals surface area (Å²) in [6, 6.07) is 0. The van der Waals surface area contributed by atoms with E-state index in [-0.39, 0.29) is 0 Å². The molecule has 0 unspecified atom stereocenters. The Labute approximate surface area is 105 Å². The predicted molar refractivity (Wildman–Crippen MR) is 67.0 cm³/mol. The second-order valence-electron chi connectivity index (χ2n) is 4.04. The van der Waals surface area contributed by atoms with Gasteiger partial charge in [0.2, 0.25) is 0 Å². The number of rotatable bonds is 4. The molecule has 0 aromatic carbocycles. The molecule has 0 amide bonds. The van der Waals surface area contributed by atoms with Crippen LogP contribution in [0.3, 0.4) is 0 Å². The quantitative estimate of drug-likeness (QED) is 0.895. The van der Waals surface area contributed by atoms with E-state index in [1.165, 1.54) is 0 Å². The Balaban J connectivity index is 2.19. The first-order valence-electron chi connectivity index (χ1n) is 5.45. The van der Waals surface area contributed by atoms with Gasteiger partial charge >= 0.3 is 0 Å².